The maximum absolute atomic E-state index is 11.2. The van der Waals surface area contributed by atoms with Crippen molar-refractivity contribution in [1.29, 1.82) is 0 Å². The van der Waals surface area contributed by atoms with Crippen molar-refractivity contribution in [3.05, 3.63) is 41.3 Å². The van der Waals surface area contributed by atoms with E-state index < -0.39 is 5.97 Å². The van der Waals surface area contributed by atoms with Crippen LogP contribution in [0.4, 0.5) is 0 Å². The van der Waals surface area contributed by atoms with Crippen molar-refractivity contribution in [3.8, 4) is 11.5 Å². The number of hydrogen-bond donors (Lipinski definition) is 1. The highest BCUT2D eigenvalue weighted by molar-refractivity contribution is 8.00. The minimum atomic E-state index is -0.702. The Kier molecular flexibility index (Phi) is 7.78. The number of aryl methyl sites for hydroxylation is 2. The summed E-state index contributed by atoms with van der Waals surface area (Å²) in [5, 5.41) is 8.93. The lowest BCUT2D eigenvalue weighted by molar-refractivity contribution is -0.136. The standard InChI is InChI=1S/C23H31NO4S/c1-4-21(23(25)26)29-14-17-6-5-7-19(12-17)27-13-20-16(3)28-22(24-20)18-10-8-15(2)9-11-18/h8-11,17,19,21H,4-7,12-14H2,1-3H3,(H,25,26)/t17-,19+,21?/m0/s1. The summed E-state index contributed by atoms with van der Waals surface area (Å²) in [4.78, 5) is 15.9. The zero-order chi connectivity index (χ0) is 20.8. The second kappa shape index (κ2) is 10.3. The first-order chi connectivity index (χ1) is 14.0. The van der Waals surface area contributed by atoms with Crippen LogP contribution in [0.3, 0.4) is 0 Å². The number of carboxylic acid groups (broad SMARTS) is 1. The second-order valence-electron chi connectivity index (χ2n) is 7.92. The van der Waals surface area contributed by atoms with E-state index in [9.17, 15) is 9.90 Å². The molecule has 1 aromatic carbocycles. The molecule has 1 aromatic heterocycles. The van der Waals surface area contributed by atoms with E-state index in [4.69, 9.17) is 9.15 Å². The Labute approximate surface area is 177 Å². The van der Waals surface area contributed by atoms with Gasteiger partial charge in [0.25, 0.3) is 0 Å². The first-order valence-electron chi connectivity index (χ1n) is 10.5. The molecule has 5 nitrogen and oxygen atoms in total. The minimum absolute atomic E-state index is 0.207. The van der Waals surface area contributed by atoms with Crippen molar-refractivity contribution in [2.75, 3.05) is 5.75 Å². The fraction of sp³-hybridized carbons (Fsp3) is 0.565. The zero-order valence-electron chi connectivity index (χ0n) is 17.5. The average molecular weight is 418 g/mol. The molecule has 3 rings (SSSR count). The Morgan fingerprint density at radius 3 is 2.76 bits per heavy atom. The third kappa shape index (κ3) is 6.09. The third-order valence-electron chi connectivity index (χ3n) is 5.56. The van der Waals surface area contributed by atoms with Crippen LogP contribution in [0.15, 0.2) is 28.7 Å². The number of benzene rings is 1. The summed E-state index contributed by atoms with van der Waals surface area (Å²) < 4.78 is 12.0. The minimum Gasteiger partial charge on any atom is -0.480 e. The summed E-state index contributed by atoms with van der Waals surface area (Å²) in [7, 11) is 0. The monoisotopic (exact) mass is 417 g/mol. The molecule has 1 aliphatic carbocycles. The molecule has 1 heterocycles. The molecule has 3 atom stereocenters. The van der Waals surface area contributed by atoms with Gasteiger partial charge in [0.1, 0.15) is 16.7 Å². The molecule has 1 fully saturated rings. The van der Waals surface area contributed by atoms with Gasteiger partial charge in [-0.05, 0) is 63.3 Å². The van der Waals surface area contributed by atoms with Crippen molar-refractivity contribution in [2.24, 2.45) is 5.92 Å². The van der Waals surface area contributed by atoms with Crippen LogP contribution in [0.2, 0.25) is 0 Å². The largest absolute Gasteiger partial charge is 0.480 e. The van der Waals surface area contributed by atoms with Gasteiger partial charge in [0.2, 0.25) is 5.89 Å². The van der Waals surface area contributed by atoms with Gasteiger partial charge in [0.05, 0.1) is 12.7 Å². The lowest BCUT2D eigenvalue weighted by Gasteiger charge is -2.29. The summed E-state index contributed by atoms with van der Waals surface area (Å²) in [6.07, 6.45) is 5.21. The van der Waals surface area contributed by atoms with Gasteiger partial charge in [-0.2, -0.15) is 0 Å². The Bertz CT molecular complexity index is 802. The van der Waals surface area contributed by atoms with Gasteiger partial charge in [0.15, 0.2) is 0 Å². The number of thioether (sulfide) groups is 1. The maximum atomic E-state index is 11.2. The van der Waals surface area contributed by atoms with Gasteiger partial charge in [-0.15, -0.1) is 11.8 Å². The molecule has 158 valence electrons. The number of carboxylic acids is 1. The number of hydrogen-bond acceptors (Lipinski definition) is 5. The number of rotatable bonds is 9. The van der Waals surface area contributed by atoms with Crippen molar-refractivity contribution >= 4 is 17.7 Å². The lowest BCUT2D eigenvalue weighted by atomic mass is 9.88. The molecule has 1 aliphatic rings. The van der Waals surface area contributed by atoms with Gasteiger partial charge in [0, 0.05) is 5.56 Å². The summed E-state index contributed by atoms with van der Waals surface area (Å²) in [6.45, 7) is 6.38. The van der Waals surface area contributed by atoms with E-state index in [1.54, 1.807) is 11.8 Å². The first kappa shape index (κ1) is 21.9. The molecule has 29 heavy (non-hydrogen) atoms. The van der Waals surface area contributed by atoms with Gasteiger partial charge in [-0.3, -0.25) is 4.79 Å². The van der Waals surface area contributed by atoms with E-state index in [0.29, 0.717) is 24.8 Å². The number of ether oxygens (including phenoxy) is 1. The second-order valence-corrected chi connectivity index (χ2v) is 9.16. The molecule has 1 saturated carbocycles. The Morgan fingerprint density at radius 1 is 1.31 bits per heavy atom. The summed E-state index contributed by atoms with van der Waals surface area (Å²) >= 11 is 1.57. The normalized spacial score (nSPS) is 20.5. The van der Waals surface area contributed by atoms with Crippen molar-refractivity contribution in [3.63, 3.8) is 0 Å². The Hall–Kier alpha value is -1.79. The zero-order valence-corrected chi connectivity index (χ0v) is 18.3. The Balaban J connectivity index is 1.52. The van der Waals surface area contributed by atoms with E-state index in [1.165, 1.54) is 5.56 Å². The molecule has 1 N–H and O–H groups in total. The predicted molar refractivity (Wildman–Crippen MR) is 116 cm³/mol. The van der Waals surface area contributed by atoms with Crippen LogP contribution in [0.1, 0.15) is 56.0 Å². The molecule has 0 bridgehead atoms. The van der Waals surface area contributed by atoms with Crippen LogP contribution in [-0.2, 0) is 16.1 Å². The average Bonchev–Trinajstić information content (AvgIpc) is 3.08. The fourth-order valence-electron chi connectivity index (χ4n) is 3.74. The molecule has 0 aliphatic heterocycles. The number of nitrogens with zero attached hydrogens (tertiary/aromatic N) is 1. The highest BCUT2D eigenvalue weighted by atomic mass is 32.2. The maximum Gasteiger partial charge on any atom is 0.316 e. The van der Waals surface area contributed by atoms with Gasteiger partial charge in [-0.1, -0.05) is 31.0 Å². The molecule has 0 saturated heterocycles. The predicted octanol–water partition coefficient (Wildman–Crippen LogP) is 5.63. The summed E-state index contributed by atoms with van der Waals surface area (Å²) in [6, 6.07) is 8.15. The number of aliphatic carboxylic acids is 1. The topological polar surface area (TPSA) is 72.6 Å². The fourth-order valence-corrected chi connectivity index (χ4v) is 4.92. The van der Waals surface area contributed by atoms with Crippen LogP contribution in [0.5, 0.6) is 0 Å². The van der Waals surface area contributed by atoms with Gasteiger partial charge in [-0.25, -0.2) is 4.98 Å². The van der Waals surface area contributed by atoms with Crippen LogP contribution < -0.4 is 0 Å². The number of aromatic nitrogens is 1. The van der Waals surface area contributed by atoms with Crippen LogP contribution in [0, 0.1) is 19.8 Å². The van der Waals surface area contributed by atoms with E-state index in [1.807, 2.05) is 26.0 Å². The van der Waals surface area contributed by atoms with Crippen LogP contribution in [0.25, 0.3) is 11.5 Å². The van der Waals surface area contributed by atoms with E-state index in [2.05, 4.69) is 24.0 Å². The van der Waals surface area contributed by atoms with Gasteiger partial charge < -0.3 is 14.3 Å². The van der Waals surface area contributed by atoms with Gasteiger partial charge >= 0.3 is 5.97 Å². The molecular formula is C23H31NO4S. The Morgan fingerprint density at radius 2 is 2.07 bits per heavy atom. The molecule has 0 amide bonds. The van der Waals surface area contributed by atoms with E-state index >= 15 is 0 Å². The van der Waals surface area contributed by atoms with Crippen LogP contribution >= 0.6 is 11.8 Å². The quantitative estimate of drug-likeness (QED) is 0.570. The van der Waals surface area contributed by atoms with E-state index in [0.717, 1.165) is 48.5 Å². The molecule has 6 heteroatoms. The summed E-state index contributed by atoms with van der Waals surface area (Å²) in [5.74, 6) is 2.15. The lowest BCUT2D eigenvalue weighted by Crippen LogP contribution is -2.25. The molecule has 0 radical (unpaired) electrons. The SMILES string of the molecule is CCC(SC[C@H]1CCC[C@@H](OCc2nc(-c3ccc(C)cc3)oc2C)C1)C(=O)O. The molecule has 1 unspecified atom stereocenters. The highest BCUT2D eigenvalue weighted by Crippen LogP contribution is 2.32. The smallest absolute Gasteiger partial charge is 0.316 e. The van der Waals surface area contributed by atoms with E-state index in [-0.39, 0.29) is 11.4 Å². The van der Waals surface area contributed by atoms with Crippen LogP contribution in [-0.4, -0.2) is 33.2 Å². The van der Waals surface area contributed by atoms with Crippen molar-refractivity contribution < 1.29 is 19.1 Å². The third-order valence-corrected chi connectivity index (χ3v) is 7.16. The number of oxazole rings is 1. The van der Waals surface area contributed by atoms with Crippen molar-refractivity contribution in [2.45, 2.75) is 70.8 Å². The molecule has 0 spiro atoms. The van der Waals surface area contributed by atoms with Crippen molar-refractivity contribution in [1.82, 2.24) is 4.98 Å². The first-order valence-corrected chi connectivity index (χ1v) is 11.5. The molecule has 2 aromatic rings. The number of carbonyl (C=O) groups is 1. The summed E-state index contributed by atoms with van der Waals surface area (Å²) in [5.41, 5.74) is 3.04. The highest BCUT2D eigenvalue weighted by Gasteiger charge is 2.25. The molecular weight excluding hydrogens is 386 g/mol.